The van der Waals surface area contributed by atoms with E-state index in [0.717, 1.165) is 10.8 Å². The molecule has 0 aliphatic carbocycles. The van der Waals surface area contributed by atoms with Gasteiger partial charge in [-0.2, -0.15) is 0 Å². The molecule has 2 aromatic carbocycles. The number of nitrogens with one attached hydrogen (secondary N) is 1. The molecule has 5 heteroatoms. The molecule has 0 saturated carbocycles. The molecule has 0 spiro atoms. The molecule has 20 heavy (non-hydrogen) atoms. The predicted molar refractivity (Wildman–Crippen MR) is 74.9 cm³/mol. The number of amides is 1. The molecule has 3 N–H and O–H groups in total. The maximum atomic E-state index is 11.9. The van der Waals surface area contributed by atoms with Crippen LogP contribution in [-0.4, -0.2) is 35.2 Å². The molecule has 0 saturated heterocycles. The zero-order valence-corrected chi connectivity index (χ0v) is 10.8. The summed E-state index contributed by atoms with van der Waals surface area (Å²) < 4.78 is 0. The number of carbonyl (C=O) groups is 2. The summed E-state index contributed by atoms with van der Waals surface area (Å²) in [6.07, 6.45) is 0.515. The molecule has 0 atom stereocenters. The van der Waals surface area contributed by atoms with Crippen molar-refractivity contribution in [2.75, 3.05) is 13.2 Å². The fraction of sp³-hybridized carbons (Fsp3) is 0.200. The molecule has 2 rings (SSSR count). The molecule has 2 aromatic rings. The van der Waals surface area contributed by atoms with Crippen molar-refractivity contribution in [1.82, 2.24) is 5.32 Å². The zero-order valence-electron chi connectivity index (χ0n) is 10.8. The number of carbonyl (C=O) groups excluding carboxylic acids is 1. The Labute approximate surface area is 115 Å². The van der Waals surface area contributed by atoms with E-state index in [4.69, 9.17) is 10.2 Å². The first-order valence-electron chi connectivity index (χ1n) is 6.28. The second kappa shape index (κ2) is 6.16. The topological polar surface area (TPSA) is 86.6 Å². The Morgan fingerprint density at radius 3 is 2.20 bits per heavy atom. The smallest absolute Gasteiger partial charge is 0.335 e. The van der Waals surface area contributed by atoms with E-state index < -0.39 is 5.97 Å². The van der Waals surface area contributed by atoms with Gasteiger partial charge in [0.05, 0.1) is 5.56 Å². The van der Waals surface area contributed by atoms with E-state index in [1.165, 1.54) is 6.07 Å². The summed E-state index contributed by atoms with van der Waals surface area (Å²) in [5.41, 5.74) is 0.733. The fourth-order valence-corrected chi connectivity index (χ4v) is 1.90. The number of fused-ring (bicyclic) bond motifs is 1. The van der Waals surface area contributed by atoms with Gasteiger partial charge in [0.2, 0.25) is 0 Å². The second-order valence-electron chi connectivity index (χ2n) is 4.41. The van der Waals surface area contributed by atoms with Crippen LogP contribution in [0.5, 0.6) is 0 Å². The normalized spacial score (nSPS) is 10.4. The Bertz CT molecular complexity index is 651. The van der Waals surface area contributed by atoms with E-state index >= 15 is 0 Å². The first-order valence-corrected chi connectivity index (χ1v) is 6.28. The number of hydrogen-bond donors (Lipinski definition) is 3. The van der Waals surface area contributed by atoms with Crippen LogP contribution in [-0.2, 0) is 0 Å². The fourth-order valence-electron chi connectivity index (χ4n) is 1.90. The van der Waals surface area contributed by atoms with Crippen LogP contribution >= 0.6 is 0 Å². The summed E-state index contributed by atoms with van der Waals surface area (Å²) in [4.78, 5) is 22.7. The lowest BCUT2D eigenvalue weighted by atomic mass is 10.0. The highest BCUT2D eigenvalue weighted by atomic mass is 16.4. The summed E-state index contributed by atoms with van der Waals surface area (Å²) in [7, 11) is 0. The zero-order chi connectivity index (χ0) is 14.5. The van der Waals surface area contributed by atoms with Crippen molar-refractivity contribution < 1.29 is 19.8 Å². The molecule has 0 fully saturated rings. The minimum Gasteiger partial charge on any atom is -0.478 e. The molecule has 0 unspecified atom stereocenters. The van der Waals surface area contributed by atoms with Crippen LogP contribution in [0.3, 0.4) is 0 Å². The number of aliphatic hydroxyl groups excluding tert-OH is 1. The van der Waals surface area contributed by atoms with Gasteiger partial charge >= 0.3 is 5.97 Å². The largest absolute Gasteiger partial charge is 0.478 e. The lowest BCUT2D eigenvalue weighted by Crippen LogP contribution is -2.24. The van der Waals surface area contributed by atoms with Crippen LogP contribution in [0.1, 0.15) is 27.1 Å². The first kappa shape index (κ1) is 14.0. The van der Waals surface area contributed by atoms with Gasteiger partial charge in [-0.3, -0.25) is 4.79 Å². The van der Waals surface area contributed by atoms with Crippen LogP contribution in [0.2, 0.25) is 0 Å². The van der Waals surface area contributed by atoms with E-state index in [2.05, 4.69) is 5.32 Å². The molecule has 0 radical (unpaired) electrons. The Hall–Kier alpha value is -2.40. The first-order chi connectivity index (χ1) is 9.61. The number of carboxylic acids is 1. The number of rotatable bonds is 5. The number of benzene rings is 2. The summed E-state index contributed by atoms with van der Waals surface area (Å²) in [6.45, 7) is 0.460. The van der Waals surface area contributed by atoms with Crippen LogP contribution in [0.4, 0.5) is 0 Å². The van der Waals surface area contributed by atoms with Gasteiger partial charge in [-0.25, -0.2) is 4.79 Å². The van der Waals surface area contributed by atoms with Gasteiger partial charge in [0.25, 0.3) is 5.91 Å². The molecular formula is C15H15NO4. The lowest BCUT2D eigenvalue weighted by molar-refractivity contribution is 0.0696. The predicted octanol–water partition coefficient (Wildman–Crippen LogP) is 1.65. The average Bonchev–Trinajstić information content (AvgIpc) is 2.46. The summed E-state index contributed by atoms with van der Waals surface area (Å²) in [5.74, 6) is -1.18. The van der Waals surface area contributed by atoms with Gasteiger partial charge in [0, 0.05) is 18.7 Å². The van der Waals surface area contributed by atoms with Gasteiger partial charge in [-0.15, -0.1) is 0 Å². The molecule has 0 aromatic heterocycles. The van der Waals surface area contributed by atoms with Crippen LogP contribution in [0, 0.1) is 0 Å². The van der Waals surface area contributed by atoms with Gasteiger partial charge in [-0.1, -0.05) is 12.1 Å². The Kier molecular flexibility index (Phi) is 4.32. The molecule has 0 heterocycles. The van der Waals surface area contributed by atoms with Crippen molar-refractivity contribution in [3.05, 3.63) is 47.5 Å². The highest BCUT2D eigenvalue weighted by molar-refractivity contribution is 6.00. The van der Waals surface area contributed by atoms with E-state index in [-0.39, 0.29) is 18.1 Å². The molecule has 104 valence electrons. The van der Waals surface area contributed by atoms with Crippen molar-refractivity contribution in [3.63, 3.8) is 0 Å². The molecule has 5 nitrogen and oxygen atoms in total. The molecule has 0 bridgehead atoms. The van der Waals surface area contributed by atoms with Crippen LogP contribution in [0.25, 0.3) is 10.8 Å². The van der Waals surface area contributed by atoms with Crippen molar-refractivity contribution in [2.45, 2.75) is 6.42 Å². The van der Waals surface area contributed by atoms with E-state index in [9.17, 15) is 9.59 Å². The molecule has 0 aliphatic heterocycles. The van der Waals surface area contributed by atoms with Crippen molar-refractivity contribution in [2.24, 2.45) is 0 Å². The van der Waals surface area contributed by atoms with E-state index in [0.29, 0.717) is 18.5 Å². The molecule has 1 amide bonds. The lowest BCUT2D eigenvalue weighted by Gasteiger charge is -2.06. The van der Waals surface area contributed by atoms with Gasteiger partial charge < -0.3 is 15.5 Å². The van der Waals surface area contributed by atoms with Crippen molar-refractivity contribution >= 4 is 22.6 Å². The van der Waals surface area contributed by atoms with Gasteiger partial charge in [0.15, 0.2) is 0 Å². The third-order valence-electron chi connectivity index (χ3n) is 2.97. The molecular weight excluding hydrogens is 258 g/mol. The minimum absolute atomic E-state index is 0.0377. The van der Waals surface area contributed by atoms with Crippen molar-refractivity contribution in [1.29, 1.82) is 0 Å². The standard InChI is InChI=1S/C15H15NO4/c17-7-1-6-16-14(18)12-4-2-11-9-13(15(19)20)5-3-10(11)8-12/h2-5,8-9,17H,1,6-7H2,(H,16,18)(H,19,20). The summed E-state index contributed by atoms with van der Waals surface area (Å²) >= 11 is 0. The number of aliphatic hydroxyl groups is 1. The number of carboxylic acid groups (broad SMARTS) is 1. The monoisotopic (exact) mass is 273 g/mol. The van der Waals surface area contributed by atoms with Gasteiger partial charge in [0.1, 0.15) is 0 Å². The maximum absolute atomic E-state index is 11.9. The third kappa shape index (κ3) is 3.13. The Balaban J connectivity index is 2.23. The summed E-state index contributed by atoms with van der Waals surface area (Å²) in [5, 5.41) is 21.9. The number of aromatic carboxylic acids is 1. The highest BCUT2D eigenvalue weighted by Crippen LogP contribution is 2.18. The van der Waals surface area contributed by atoms with Gasteiger partial charge in [-0.05, 0) is 41.5 Å². The maximum Gasteiger partial charge on any atom is 0.335 e. The van der Waals surface area contributed by atoms with Crippen LogP contribution in [0.15, 0.2) is 36.4 Å². The van der Waals surface area contributed by atoms with E-state index in [1.807, 2.05) is 0 Å². The van der Waals surface area contributed by atoms with E-state index in [1.54, 1.807) is 30.3 Å². The highest BCUT2D eigenvalue weighted by Gasteiger charge is 2.07. The quantitative estimate of drug-likeness (QED) is 0.723. The molecule has 0 aliphatic rings. The Morgan fingerprint density at radius 2 is 1.60 bits per heavy atom. The van der Waals surface area contributed by atoms with Crippen molar-refractivity contribution in [3.8, 4) is 0 Å². The summed E-state index contributed by atoms with van der Waals surface area (Å²) in [6, 6.07) is 9.87. The SMILES string of the molecule is O=C(O)c1ccc2cc(C(=O)NCCCO)ccc2c1. The van der Waals surface area contributed by atoms with Crippen LogP contribution < -0.4 is 5.32 Å². The third-order valence-corrected chi connectivity index (χ3v) is 2.97. The number of hydrogen-bond acceptors (Lipinski definition) is 3. The Morgan fingerprint density at radius 1 is 1.00 bits per heavy atom. The second-order valence-corrected chi connectivity index (χ2v) is 4.41. The average molecular weight is 273 g/mol. The minimum atomic E-state index is -0.974.